The lowest BCUT2D eigenvalue weighted by atomic mass is 10.3. The van der Waals surface area contributed by atoms with E-state index in [-0.39, 0.29) is 5.28 Å². The van der Waals surface area contributed by atoms with E-state index in [1.165, 1.54) is 0 Å². The quantitative estimate of drug-likeness (QED) is 0.871. The van der Waals surface area contributed by atoms with E-state index in [1.807, 2.05) is 19.1 Å². The van der Waals surface area contributed by atoms with Crippen molar-refractivity contribution < 1.29 is 4.42 Å². The van der Waals surface area contributed by atoms with Gasteiger partial charge in [-0.05, 0) is 43.5 Å². The zero-order valence-corrected chi connectivity index (χ0v) is 11.4. The Balaban J connectivity index is 1.96. The largest absolute Gasteiger partial charge is 0.467 e. The van der Waals surface area contributed by atoms with Gasteiger partial charge in [0.05, 0.1) is 24.2 Å². The highest BCUT2D eigenvalue weighted by Gasteiger charge is 2.32. The molecule has 1 aliphatic rings. The molecule has 1 saturated carbocycles. The summed E-state index contributed by atoms with van der Waals surface area (Å²) in [5, 5.41) is 0.229. The minimum absolute atomic E-state index is 0.229. The summed E-state index contributed by atoms with van der Waals surface area (Å²) in [6, 6.07) is 4.28. The van der Waals surface area contributed by atoms with Gasteiger partial charge in [0.2, 0.25) is 5.28 Å². The van der Waals surface area contributed by atoms with Crippen molar-refractivity contribution in [2.24, 2.45) is 0 Å². The number of nitrogens with zero attached hydrogens (tertiary/aromatic N) is 3. The second-order valence-electron chi connectivity index (χ2n) is 4.75. The third kappa shape index (κ3) is 2.51. The smallest absolute Gasteiger partial charge is 0.224 e. The van der Waals surface area contributed by atoms with Crippen LogP contribution in [0.25, 0.3) is 0 Å². The van der Waals surface area contributed by atoms with E-state index in [1.54, 1.807) is 6.26 Å². The van der Waals surface area contributed by atoms with Gasteiger partial charge in [0.1, 0.15) is 5.76 Å². The van der Waals surface area contributed by atoms with E-state index in [9.17, 15) is 0 Å². The van der Waals surface area contributed by atoms with Gasteiger partial charge in [-0.25, -0.2) is 4.98 Å². The zero-order chi connectivity index (χ0) is 13.4. The Kier molecular flexibility index (Phi) is 3.06. The van der Waals surface area contributed by atoms with Gasteiger partial charge in [-0.1, -0.05) is 0 Å². The standard InChI is InChI=1S/C13H15ClN4O/c1-8-11(15)12(17-13(14)16-8)18(9-4-5-9)7-10-3-2-6-19-10/h2-3,6,9H,4-5,7,15H2,1H3. The van der Waals surface area contributed by atoms with Crippen LogP contribution in [0, 0.1) is 6.92 Å². The fourth-order valence-corrected chi connectivity index (χ4v) is 2.29. The van der Waals surface area contributed by atoms with Gasteiger partial charge in [-0.15, -0.1) is 0 Å². The predicted molar refractivity (Wildman–Crippen MR) is 74.1 cm³/mol. The third-order valence-electron chi connectivity index (χ3n) is 3.25. The molecule has 0 aromatic carbocycles. The molecule has 1 aliphatic carbocycles. The number of nitrogens with two attached hydrogens (primary N) is 1. The van der Waals surface area contributed by atoms with Gasteiger partial charge in [0.25, 0.3) is 0 Å². The molecular weight excluding hydrogens is 264 g/mol. The van der Waals surface area contributed by atoms with Crippen molar-refractivity contribution in [2.75, 3.05) is 10.6 Å². The van der Waals surface area contributed by atoms with Gasteiger partial charge < -0.3 is 15.1 Å². The number of hydrogen-bond donors (Lipinski definition) is 1. The van der Waals surface area contributed by atoms with Crippen LogP contribution in [0.2, 0.25) is 5.28 Å². The van der Waals surface area contributed by atoms with Crippen molar-refractivity contribution in [1.82, 2.24) is 9.97 Å². The van der Waals surface area contributed by atoms with Crippen molar-refractivity contribution in [3.05, 3.63) is 35.1 Å². The van der Waals surface area contributed by atoms with Crippen LogP contribution in [-0.4, -0.2) is 16.0 Å². The molecule has 2 heterocycles. The van der Waals surface area contributed by atoms with Crippen molar-refractivity contribution in [1.29, 1.82) is 0 Å². The first-order chi connectivity index (χ1) is 9.15. The average molecular weight is 279 g/mol. The van der Waals surface area contributed by atoms with E-state index in [4.69, 9.17) is 21.8 Å². The first kappa shape index (κ1) is 12.3. The maximum absolute atomic E-state index is 6.09. The number of anilines is 2. The Bertz CT molecular complexity index is 581. The summed E-state index contributed by atoms with van der Waals surface area (Å²) in [5.74, 6) is 1.59. The number of halogens is 1. The van der Waals surface area contributed by atoms with E-state index in [0.717, 1.165) is 18.6 Å². The molecule has 0 saturated heterocycles. The topological polar surface area (TPSA) is 68.2 Å². The Morgan fingerprint density at radius 1 is 1.47 bits per heavy atom. The lowest BCUT2D eigenvalue weighted by Crippen LogP contribution is -2.27. The van der Waals surface area contributed by atoms with Crippen LogP contribution in [0.3, 0.4) is 0 Å². The summed E-state index contributed by atoms with van der Waals surface area (Å²) in [4.78, 5) is 10.5. The summed E-state index contributed by atoms with van der Waals surface area (Å²) < 4.78 is 5.40. The maximum atomic E-state index is 6.09. The molecule has 1 fully saturated rings. The molecule has 100 valence electrons. The second-order valence-corrected chi connectivity index (χ2v) is 5.09. The summed E-state index contributed by atoms with van der Waals surface area (Å²) in [5.41, 5.74) is 7.39. The van der Waals surface area contributed by atoms with Crippen LogP contribution in [-0.2, 0) is 6.54 Å². The number of aryl methyl sites for hydroxylation is 1. The first-order valence-corrected chi connectivity index (χ1v) is 6.61. The van der Waals surface area contributed by atoms with Gasteiger partial charge in [0.15, 0.2) is 5.82 Å². The molecule has 0 radical (unpaired) electrons. The first-order valence-electron chi connectivity index (χ1n) is 6.24. The molecule has 3 rings (SSSR count). The Morgan fingerprint density at radius 2 is 2.26 bits per heavy atom. The molecule has 5 nitrogen and oxygen atoms in total. The number of furan rings is 1. The minimum Gasteiger partial charge on any atom is -0.467 e. The van der Waals surface area contributed by atoms with Crippen LogP contribution >= 0.6 is 11.6 Å². The fraction of sp³-hybridized carbons (Fsp3) is 0.385. The molecule has 0 unspecified atom stereocenters. The van der Waals surface area contributed by atoms with Crippen molar-refractivity contribution in [2.45, 2.75) is 32.4 Å². The molecule has 6 heteroatoms. The zero-order valence-electron chi connectivity index (χ0n) is 10.6. The molecule has 0 spiro atoms. The average Bonchev–Trinajstić information content (AvgIpc) is 3.09. The molecule has 0 aliphatic heterocycles. The molecule has 2 aromatic heterocycles. The van der Waals surface area contributed by atoms with Gasteiger partial charge in [-0.2, -0.15) is 4.98 Å². The fourth-order valence-electron chi connectivity index (χ4n) is 2.09. The van der Waals surface area contributed by atoms with Crippen LogP contribution in [0.15, 0.2) is 22.8 Å². The highest BCUT2D eigenvalue weighted by atomic mass is 35.5. The maximum Gasteiger partial charge on any atom is 0.224 e. The van der Waals surface area contributed by atoms with Crippen molar-refractivity contribution >= 4 is 23.1 Å². The molecular formula is C13H15ClN4O. The van der Waals surface area contributed by atoms with Crippen molar-refractivity contribution in [3.63, 3.8) is 0 Å². The van der Waals surface area contributed by atoms with E-state index in [2.05, 4.69) is 14.9 Å². The van der Waals surface area contributed by atoms with Crippen LogP contribution in [0.1, 0.15) is 24.3 Å². The van der Waals surface area contributed by atoms with E-state index < -0.39 is 0 Å². The monoisotopic (exact) mass is 278 g/mol. The van der Waals surface area contributed by atoms with Crippen LogP contribution in [0.5, 0.6) is 0 Å². The molecule has 2 N–H and O–H groups in total. The lowest BCUT2D eigenvalue weighted by Gasteiger charge is -2.24. The third-order valence-corrected chi connectivity index (χ3v) is 3.42. The number of aromatic nitrogens is 2. The molecule has 2 aromatic rings. The SMILES string of the molecule is Cc1nc(Cl)nc(N(Cc2ccco2)C2CC2)c1N. The van der Waals surface area contributed by atoms with Gasteiger partial charge in [0, 0.05) is 6.04 Å². The summed E-state index contributed by atoms with van der Waals surface area (Å²) in [6.45, 7) is 2.49. The second kappa shape index (κ2) is 4.74. The van der Waals surface area contributed by atoms with Crippen LogP contribution in [0.4, 0.5) is 11.5 Å². The number of nitrogen functional groups attached to an aromatic ring is 1. The summed E-state index contributed by atoms with van der Waals surface area (Å²) >= 11 is 5.95. The number of rotatable bonds is 4. The van der Waals surface area contributed by atoms with Gasteiger partial charge in [-0.3, -0.25) is 0 Å². The normalized spacial score (nSPS) is 14.6. The Morgan fingerprint density at radius 3 is 2.89 bits per heavy atom. The molecule has 0 atom stereocenters. The summed E-state index contributed by atoms with van der Waals surface area (Å²) in [7, 11) is 0. The van der Waals surface area contributed by atoms with Gasteiger partial charge >= 0.3 is 0 Å². The lowest BCUT2D eigenvalue weighted by molar-refractivity contribution is 0.500. The van der Waals surface area contributed by atoms with Crippen LogP contribution < -0.4 is 10.6 Å². The highest BCUT2D eigenvalue weighted by molar-refractivity contribution is 6.28. The predicted octanol–water partition coefficient (Wildman–Crippen LogP) is 2.78. The van der Waals surface area contributed by atoms with E-state index in [0.29, 0.717) is 29.8 Å². The number of hydrogen-bond acceptors (Lipinski definition) is 5. The highest BCUT2D eigenvalue weighted by Crippen LogP contribution is 2.36. The Hall–Kier alpha value is -1.75. The van der Waals surface area contributed by atoms with Crippen molar-refractivity contribution in [3.8, 4) is 0 Å². The molecule has 19 heavy (non-hydrogen) atoms. The van der Waals surface area contributed by atoms with E-state index >= 15 is 0 Å². The summed E-state index contributed by atoms with van der Waals surface area (Å²) in [6.07, 6.45) is 3.95. The Labute approximate surface area is 116 Å². The minimum atomic E-state index is 0.229. The molecule has 0 amide bonds. The molecule has 0 bridgehead atoms.